The van der Waals surface area contributed by atoms with Gasteiger partial charge in [0.1, 0.15) is 17.3 Å². The van der Waals surface area contributed by atoms with Crippen molar-refractivity contribution in [3.05, 3.63) is 88.7 Å². The summed E-state index contributed by atoms with van der Waals surface area (Å²) in [6.45, 7) is 0. The Morgan fingerprint density at radius 1 is 1.10 bits per heavy atom. The summed E-state index contributed by atoms with van der Waals surface area (Å²) in [6, 6.07) is 13.0. The minimum absolute atomic E-state index is 0.0566. The number of carbonyl (C=O) groups excluding carboxylic acids is 2. The van der Waals surface area contributed by atoms with Crippen LogP contribution in [0.25, 0.3) is 5.76 Å². The Hall–Kier alpha value is -3.84. The highest BCUT2D eigenvalue weighted by Gasteiger charge is 2.47. The number of ether oxygens (including phenoxy) is 1. The molecule has 31 heavy (non-hydrogen) atoms. The Morgan fingerprint density at radius 3 is 2.55 bits per heavy atom. The van der Waals surface area contributed by atoms with Crippen molar-refractivity contribution in [2.24, 2.45) is 0 Å². The van der Waals surface area contributed by atoms with E-state index in [9.17, 15) is 19.8 Å². The van der Waals surface area contributed by atoms with E-state index in [0.29, 0.717) is 16.9 Å². The molecule has 1 aliphatic heterocycles. The molecule has 1 saturated heterocycles. The Balaban J connectivity index is 1.97. The number of methoxy groups -OCH3 is 1. The topological polar surface area (TPSA) is 100.0 Å². The van der Waals surface area contributed by atoms with Gasteiger partial charge in [0.05, 0.1) is 24.4 Å². The summed E-state index contributed by atoms with van der Waals surface area (Å²) in [6.07, 6.45) is 3.03. The normalized spacial score (nSPS) is 17.7. The van der Waals surface area contributed by atoms with Crippen molar-refractivity contribution >= 4 is 34.7 Å². The van der Waals surface area contributed by atoms with E-state index in [1.807, 2.05) is 0 Å². The molecule has 1 aliphatic rings. The molecule has 3 aromatic rings. The number of pyridine rings is 1. The van der Waals surface area contributed by atoms with Crippen molar-refractivity contribution < 1.29 is 24.5 Å². The summed E-state index contributed by atoms with van der Waals surface area (Å²) >= 11 is 6.08. The number of phenolic OH excluding ortho intramolecular Hbond substituents is 1. The van der Waals surface area contributed by atoms with E-state index in [0.717, 1.165) is 4.90 Å². The molecule has 156 valence electrons. The van der Waals surface area contributed by atoms with Gasteiger partial charge in [0.2, 0.25) is 0 Å². The highest BCUT2D eigenvalue weighted by atomic mass is 35.5. The first-order valence-electron chi connectivity index (χ1n) is 9.26. The number of nitrogens with zero attached hydrogens (tertiary/aromatic N) is 2. The summed E-state index contributed by atoms with van der Waals surface area (Å²) in [5, 5.41) is 21.7. The Morgan fingerprint density at radius 2 is 1.84 bits per heavy atom. The van der Waals surface area contributed by atoms with Crippen molar-refractivity contribution in [1.82, 2.24) is 4.98 Å². The van der Waals surface area contributed by atoms with Crippen molar-refractivity contribution in [3.63, 3.8) is 0 Å². The fourth-order valence-corrected chi connectivity index (χ4v) is 3.72. The van der Waals surface area contributed by atoms with E-state index in [4.69, 9.17) is 16.3 Å². The highest BCUT2D eigenvalue weighted by Crippen LogP contribution is 2.45. The van der Waals surface area contributed by atoms with Gasteiger partial charge in [-0.25, -0.2) is 0 Å². The number of rotatable bonds is 4. The second-order valence-electron chi connectivity index (χ2n) is 6.81. The predicted molar refractivity (Wildman–Crippen MR) is 115 cm³/mol. The highest BCUT2D eigenvalue weighted by molar-refractivity contribution is 6.52. The summed E-state index contributed by atoms with van der Waals surface area (Å²) < 4.78 is 5.19. The first-order chi connectivity index (χ1) is 14.9. The van der Waals surface area contributed by atoms with Crippen molar-refractivity contribution in [2.45, 2.75) is 6.04 Å². The molecule has 2 aromatic carbocycles. The van der Waals surface area contributed by atoms with Crippen LogP contribution in [0, 0.1) is 0 Å². The van der Waals surface area contributed by atoms with Crippen LogP contribution in [-0.4, -0.2) is 34.0 Å². The van der Waals surface area contributed by atoms with Crippen molar-refractivity contribution in [1.29, 1.82) is 0 Å². The molecule has 1 aromatic heterocycles. The van der Waals surface area contributed by atoms with Gasteiger partial charge in [0.15, 0.2) is 0 Å². The molecule has 1 atom stereocenters. The molecule has 0 aliphatic carbocycles. The first kappa shape index (κ1) is 20.4. The van der Waals surface area contributed by atoms with E-state index in [1.165, 1.54) is 37.7 Å². The second kappa shape index (κ2) is 8.12. The molecule has 4 rings (SSSR count). The third-order valence-electron chi connectivity index (χ3n) is 5.01. The van der Waals surface area contributed by atoms with Crippen LogP contribution in [0.5, 0.6) is 11.5 Å². The number of benzene rings is 2. The number of aliphatic hydroxyl groups is 1. The standard InChI is InChI=1S/C23H17ClN2O5/c1-31-16-4-2-3-14(11-16)21(28)19-20(13-7-9-25-10-8-13)26(23(30)22(19)29)17-12-15(24)5-6-18(17)27/h2-12,20,27-28H,1H3/b21-19+. The molecule has 0 radical (unpaired) electrons. The predicted octanol–water partition coefficient (Wildman–Crippen LogP) is 4.08. The van der Waals surface area contributed by atoms with E-state index in [-0.39, 0.29) is 27.8 Å². The average Bonchev–Trinajstić information content (AvgIpc) is 3.06. The van der Waals surface area contributed by atoms with E-state index in [1.54, 1.807) is 36.4 Å². The molecular weight excluding hydrogens is 420 g/mol. The molecule has 0 spiro atoms. The molecule has 0 bridgehead atoms. The van der Waals surface area contributed by atoms with Gasteiger partial charge in [-0.05, 0) is 48.0 Å². The average molecular weight is 437 g/mol. The Labute approximate surface area is 182 Å². The van der Waals surface area contributed by atoms with Crippen LogP contribution in [-0.2, 0) is 9.59 Å². The Bertz CT molecular complexity index is 1210. The quantitative estimate of drug-likeness (QED) is 0.363. The third kappa shape index (κ3) is 3.60. The lowest BCUT2D eigenvalue weighted by Gasteiger charge is -2.26. The fraction of sp³-hybridized carbons (Fsp3) is 0.0870. The number of aromatic nitrogens is 1. The number of Topliss-reactive ketones (excluding diaryl/α,β-unsaturated/α-hetero) is 1. The molecule has 0 saturated carbocycles. The number of hydrogen-bond acceptors (Lipinski definition) is 6. The van der Waals surface area contributed by atoms with E-state index >= 15 is 0 Å². The van der Waals surface area contributed by atoms with Gasteiger partial charge in [0.25, 0.3) is 11.7 Å². The van der Waals surface area contributed by atoms with Crippen LogP contribution in [0.2, 0.25) is 5.02 Å². The lowest BCUT2D eigenvalue weighted by molar-refractivity contribution is -0.132. The van der Waals surface area contributed by atoms with Gasteiger partial charge in [-0.2, -0.15) is 0 Å². The number of anilines is 1. The number of phenols is 1. The zero-order valence-corrected chi connectivity index (χ0v) is 17.1. The van der Waals surface area contributed by atoms with Gasteiger partial charge < -0.3 is 14.9 Å². The molecule has 2 heterocycles. The Kier molecular flexibility index (Phi) is 5.35. The first-order valence-corrected chi connectivity index (χ1v) is 9.64. The van der Waals surface area contributed by atoms with Crippen LogP contribution in [0.15, 0.2) is 72.6 Å². The number of halogens is 1. The maximum absolute atomic E-state index is 13.1. The van der Waals surface area contributed by atoms with Crippen LogP contribution in [0.4, 0.5) is 5.69 Å². The minimum atomic E-state index is -1.00. The summed E-state index contributed by atoms with van der Waals surface area (Å²) in [5.74, 6) is -1.90. The monoisotopic (exact) mass is 436 g/mol. The molecule has 1 unspecified atom stereocenters. The van der Waals surface area contributed by atoms with Crippen LogP contribution < -0.4 is 9.64 Å². The van der Waals surface area contributed by atoms with Gasteiger partial charge in [-0.3, -0.25) is 19.5 Å². The molecule has 8 heteroatoms. The zero-order valence-electron chi connectivity index (χ0n) is 16.3. The molecule has 1 fully saturated rings. The molecule has 1 amide bonds. The van der Waals surface area contributed by atoms with E-state index in [2.05, 4.69) is 4.98 Å². The zero-order chi connectivity index (χ0) is 22.1. The number of carbonyl (C=O) groups is 2. The van der Waals surface area contributed by atoms with Crippen LogP contribution in [0.3, 0.4) is 0 Å². The lowest BCUT2D eigenvalue weighted by Crippen LogP contribution is -2.29. The minimum Gasteiger partial charge on any atom is -0.507 e. The van der Waals surface area contributed by atoms with Crippen LogP contribution >= 0.6 is 11.6 Å². The summed E-state index contributed by atoms with van der Waals surface area (Å²) in [4.78, 5) is 31.2. The summed E-state index contributed by atoms with van der Waals surface area (Å²) in [5.41, 5.74) is 0.773. The number of aromatic hydroxyl groups is 1. The smallest absolute Gasteiger partial charge is 0.300 e. The van der Waals surface area contributed by atoms with Gasteiger partial charge in [-0.15, -0.1) is 0 Å². The third-order valence-corrected chi connectivity index (χ3v) is 5.24. The van der Waals surface area contributed by atoms with Gasteiger partial charge in [0, 0.05) is 23.0 Å². The number of hydrogen-bond donors (Lipinski definition) is 2. The number of aliphatic hydroxyl groups excluding tert-OH is 1. The van der Waals surface area contributed by atoms with Gasteiger partial charge in [-0.1, -0.05) is 23.7 Å². The molecule has 7 nitrogen and oxygen atoms in total. The maximum atomic E-state index is 13.1. The van der Waals surface area contributed by atoms with Gasteiger partial charge >= 0.3 is 0 Å². The number of ketones is 1. The maximum Gasteiger partial charge on any atom is 0.300 e. The molecule has 2 N–H and O–H groups in total. The summed E-state index contributed by atoms with van der Waals surface area (Å²) in [7, 11) is 1.48. The second-order valence-corrected chi connectivity index (χ2v) is 7.25. The van der Waals surface area contributed by atoms with Crippen molar-refractivity contribution in [3.8, 4) is 11.5 Å². The fourth-order valence-electron chi connectivity index (χ4n) is 3.56. The van der Waals surface area contributed by atoms with Crippen LogP contribution in [0.1, 0.15) is 17.2 Å². The largest absolute Gasteiger partial charge is 0.507 e. The van der Waals surface area contributed by atoms with Crippen molar-refractivity contribution in [2.75, 3.05) is 12.0 Å². The molecular formula is C23H17ClN2O5. The lowest BCUT2D eigenvalue weighted by atomic mass is 9.95. The number of amides is 1. The SMILES string of the molecule is COc1cccc(/C(O)=C2\C(=O)C(=O)N(c3cc(Cl)ccc3O)C2c2ccncc2)c1. The van der Waals surface area contributed by atoms with E-state index < -0.39 is 17.7 Å².